The van der Waals surface area contributed by atoms with Crippen LogP contribution in [0.25, 0.3) is 0 Å². The Morgan fingerprint density at radius 2 is 1.78 bits per heavy atom. The summed E-state index contributed by atoms with van der Waals surface area (Å²) in [5.74, 6) is 0.771. The van der Waals surface area contributed by atoms with Gasteiger partial charge in [0.05, 0.1) is 24.7 Å². The fraction of sp³-hybridized carbons (Fsp3) is 0.429. The van der Waals surface area contributed by atoms with Crippen molar-refractivity contribution >= 4 is 10.0 Å². The number of aryl methyl sites for hydroxylation is 2. The molecule has 0 N–H and O–H groups in total. The van der Waals surface area contributed by atoms with Crippen molar-refractivity contribution in [2.75, 3.05) is 26.8 Å². The highest BCUT2D eigenvalue weighted by Crippen LogP contribution is 2.30. The van der Waals surface area contributed by atoms with Gasteiger partial charge in [-0.05, 0) is 66.6 Å². The predicted octanol–water partition coefficient (Wildman–Crippen LogP) is 3.34. The first kappa shape index (κ1) is 18.5. The number of methoxy groups -OCH3 is 1. The lowest BCUT2D eigenvalue weighted by molar-refractivity contribution is -0.00257. The smallest absolute Gasteiger partial charge is 0.243 e. The second kappa shape index (κ2) is 7.62. The van der Waals surface area contributed by atoms with Gasteiger partial charge in [0.2, 0.25) is 10.0 Å². The average Bonchev–Trinajstić information content (AvgIpc) is 2.73. The van der Waals surface area contributed by atoms with Crippen LogP contribution in [0.3, 0.4) is 0 Å². The summed E-state index contributed by atoms with van der Waals surface area (Å²) in [4.78, 5) is 0.401. The Balaban J connectivity index is 1.56. The Morgan fingerprint density at radius 1 is 1.04 bits per heavy atom. The molecule has 1 atom stereocenters. The number of ether oxygens (including phenoxy) is 2. The molecular formula is C21H25NO4S. The molecule has 1 fully saturated rings. The lowest BCUT2D eigenvalue weighted by Crippen LogP contribution is -2.42. The molecule has 0 radical (unpaired) electrons. The molecule has 4 rings (SSSR count). The van der Waals surface area contributed by atoms with Crippen molar-refractivity contribution in [3.8, 4) is 5.75 Å². The van der Waals surface area contributed by atoms with E-state index in [1.165, 1.54) is 17.5 Å². The molecule has 2 aromatic rings. The third-order valence-corrected chi connectivity index (χ3v) is 7.34. The maximum absolute atomic E-state index is 13.2. The number of morpholine rings is 1. The molecule has 144 valence electrons. The van der Waals surface area contributed by atoms with Gasteiger partial charge in [0.15, 0.2) is 0 Å². The zero-order valence-corrected chi connectivity index (χ0v) is 16.4. The summed E-state index contributed by atoms with van der Waals surface area (Å²) in [7, 11) is -1.90. The molecule has 2 aromatic carbocycles. The zero-order chi connectivity index (χ0) is 18.9. The fourth-order valence-corrected chi connectivity index (χ4v) is 5.36. The molecule has 0 saturated carbocycles. The van der Waals surface area contributed by atoms with Crippen LogP contribution in [0.1, 0.15) is 35.6 Å². The van der Waals surface area contributed by atoms with Crippen LogP contribution < -0.4 is 4.74 Å². The number of hydrogen-bond donors (Lipinski definition) is 0. The Morgan fingerprint density at radius 3 is 2.52 bits per heavy atom. The second-order valence-corrected chi connectivity index (χ2v) is 9.07. The van der Waals surface area contributed by atoms with Gasteiger partial charge in [0.25, 0.3) is 0 Å². The molecule has 1 heterocycles. The largest absolute Gasteiger partial charge is 0.497 e. The van der Waals surface area contributed by atoms with E-state index in [0.717, 1.165) is 30.6 Å². The van der Waals surface area contributed by atoms with Crippen LogP contribution in [0.5, 0.6) is 5.75 Å². The monoisotopic (exact) mass is 387 g/mol. The van der Waals surface area contributed by atoms with Gasteiger partial charge >= 0.3 is 0 Å². The van der Waals surface area contributed by atoms with E-state index in [9.17, 15) is 8.42 Å². The van der Waals surface area contributed by atoms with Crippen molar-refractivity contribution < 1.29 is 17.9 Å². The lowest BCUT2D eigenvalue weighted by Gasteiger charge is -2.32. The van der Waals surface area contributed by atoms with Crippen LogP contribution in [0.4, 0.5) is 0 Å². The van der Waals surface area contributed by atoms with Gasteiger partial charge in [0.1, 0.15) is 5.75 Å². The number of sulfonamides is 1. The first-order chi connectivity index (χ1) is 13.1. The number of nitrogens with zero attached hydrogens (tertiary/aromatic N) is 1. The third-order valence-electron chi connectivity index (χ3n) is 5.47. The summed E-state index contributed by atoms with van der Waals surface area (Å²) in [5, 5.41) is 0. The summed E-state index contributed by atoms with van der Waals surface area (Å²) in [6, 6.07) is 13.2. The van der Waals surface area contributed by atoms with Crippen LogP contribution in [-0.4, -0.2) is 39.5 Å². The summed E-state index contributed by atoms with van der Waals surface area (Å²) < 4.78 is 39.0. The van der Waals surface area contributed by atoms with E-state index < -0.39 is 10.0 Å². The van der Waals surface area contributed by atoms with E-state index in [2.05, 4.69) is 0 Å². The molecule has 27 heavy (non-hydrogen) atoms. The molecule has 1 aliphatic heterocycles. The standard InChI is InChI=1S/C21H25NO4S/c1-25-19-9-6-17(7-10-19)21-15-22(12-13-26-21)27(23,24)20-11-8-16-4-2-3-5-18(16)14-20/h6-11,14,21H,2-5,12-13,15H2,1H3. The highest BCUT2D eigenvalue weighted by Gasteiger charge is 2.32. The molecule has 0 spiro atoms. The highest BCUT2D eigenvalue weighted by molar-refractivity contribution is 7.89. The zero-order valence-electron chi connectivity index (χ0n) is 15.6. The Bertz CT molecular complexity index is 908. The third kappa shape index (κ3) is 3.74. The number of fused-ring (bicyclic) bond motifs is 1. The fourth-order valence-electron chi connectivity index (χ4n) is 3.88. The summed E-state index contributed by atoms with van der Waals surface area (Å²) >= 11 is 0. The van der Waals surface area contributed by atoms with Gasteiger partial charge in [-0.2, -0.15) is 4.31 Å². The first-order valence-electron chi connectivity index (χ1n) is 9.45. The van der Waals surface area contributed by atoms with Crippen LogP contribution in [0.15, 0.2) is 47.4 Å². The number of rotatable bonds is 4. The van der Waals surface area contributed by atoms with E-state index in [-0.39, 0.29) is 6.10 Å². The van der Waals surface area contributed by atoms with E-state index in [1.54, 1.807) is 17.5 Å². The summed E-state index contributed by atoms with van der Waals surface area (Å²) in [6.07, 6.45) is 4.07. The molecule has 0 amide bonds. The quantitative estimate of drug-likeness (QED) is 0.807. The van der Waals surface area contributed by atoms with Gasteiger partial charge in [-0.1, -0.05) is 18.2 Å². The van der Waals surface area contributed by atoms with Crippen molar-refractivity contribution in [3.05, 3.63) is 59.2 Å². The van der Waals surface area contributed by atoms with Crippen LogP contribution >= 0.6 is 0 Å². The average molecular weight is 388 g/mol. The Hall–Kier alpha value is -1.89. The highest BCUT2D eigenvalue weighted by atomic mass is 32.2. The topological polar surface area (TPSA) is 55.8 Å². The van der Waals surface area contributed by atoms with E-state index in [1.807, 2.05) is 36.4 Å². The molecule has 1 unspecified atom stereocenters. The first-order valence-corrected chi connectivity index (χ1v) is 10.9. The van der Waals surface area contributed by atoms with Crippen LogP contribution in [0, 0.1) is 0 Å². The molecule has 6 heteroatoms. The number of hydrogen-bond acceptors (Lipinski definition) is 4. The normalized spacial score (nSPS) is 20.9. The van der Waals surface area contributed by atoms with Crippen molar-refractivity contribution in [1.82, 2.24) is 4.31 Å². The van der Waals surface area contributed by atoms with Gasteiger partial charge in [-0.3, -0.25) is 0 Å². The minimum Gasteiger partial charge on any atom is -0.497 e. The minimum absolute atomic E-state index is 0.267. The van der Waals surface area contributed by atoms with Crippen molar-refractivity contribution in [3.63, 3.8) is 0 Å². The minimum atomic E-state index is -3.52. The van der Waals surface area contributed by atoms with Crippen LogP contribution in [0.2, 0.25) is 0 Å². The summed E-state index contributed by atoms with van der Waals surface area (Å²) in [5.41, 5.74) is 3.43. The second-order valence-electron chi connectivity index (χ2n) is 7.13. The maximum atomic E-state index is 13.2. The van der Waals surface area contributed by atoms with Gasteiger partial charge in [0, 0.05) is 13.1 Å². The van der Waals surface area contributed by atoms with Gasteiger partial charge in [-0.25, -0.2) is 8.42 Å². The molecule has 1 aliphatic carbocycles. The summed E-state index contributed by atoms with van der Waals surface area (Å²) in [6.45, 7) is 1.10. The molecule has 1 saturated heterocycles. The molecule has 0 aromatic heterocycles. The predicted molar refractivity (Wildman–Crippen MR) is 104 cm³/mol. The molecule has 2 aliphatic rings. The van der Waals surface area contributed by atoms with Gasteiger partial charge in [-0.15, -0.1) is 0 Å². The molecule has 5 nitrogen and oxygen atoms in total. The molecule has 0 bridgehead atoms. The van der Waals surface area contributed by atoms with E-state index in [4.69, 9.17) is 9.47 Å². The van der Waals surface area contributed by atoms with E-state index >= 15 is 0 Å². The maximum Gasteiger partial charge on any atom is 0.243 e. The SMILES string of the molecule is COc1ccc(C2CN(S(=O)(=O)c3ccc4c(c3)CCCC4)CCO2)cc1. The Kier molecular flexibility index (Phi) is 5.21. The van der Waals surface area contributed by atoms with E-state index in [0.29, 0.717) is 24.6 Å². The van der Waals surface area contributed by atoms with Crippen molar-refractivity contribution in [2.24, 2.45) is 0 Å². The van der Waals surface area contributed by atoms with Crippen molar-refractivity contribution in [1.29, 1.82) is 0 Å². The van der Waals surface area contributed by atoms with Gasteiger partial charge < -0.3 is 9.47 Å². The van der Waals surface area contributed by atoms with Crippen molar-refractivity contribution in [2.45, 2.75) is 36.7 Å². The lowest BCUT2D eigenvalue weighted by atomic mass is 9.92. The van der Waals surface area contributed by atoms with Crippen LogP contribution in [-0.2, 0) is 27.6 Å². The Labute approximate surface area is 161 Å². The molecular weight excluding hydrogens is 362 g/mol. The number of benzene rings is 2.